The molecule has 1 aromatic carbocycles. The SMILES string of the molecule is Nc1ccc(Nc2nc(NCCO)nc(NCCO)c2Cl)cc1. The Morgan fingerprint density at radius 1 is 0.957 bits per heavy atom. The molecule has 23 heavy (non-hydrogen) atoms. The van der Waals surface area contributed by atoms with E-state index in [1.807, 2.05) is 0 Å². The maximum atomic E-state index is 8.93. The quantitative estimate of drug-likeness (QED) is 0.397. The average molecular weight is 339 g/mol. The summed E-state index contributed by atoms with van der Waals surface area (Å²) in [5.74, 6) is 1.09. The van der Waals surface area contributed by atoms with Gasteiger partial charge in [0.15, 0.2) is 11.6 Å². The highest BCUT2D eigenvalue weighted by molar-refractivity contribution is 6.35. The molecule has 2 aromatic rings. The van der Waals surface area contributed by atoms with Crippen molar-refractivity contribution in [1.82, 2.24) is 9.97 Å². The van der Waals surface area contributed by atoms with Crippen LogP contribution in [-0.4, -0.2) is 46.5 Å². The Morgan fingerprint density at radius 2 is 1.57 bits per heavy atom. The van der Waals surface area contributed by atoms with Gasteiger partial charge in [-0.1, -0.05) is 11.6 Å². The van der Waals surface area contributed by atoms with Gasteiger partial charge in [0.2, 0.25) is 5.95 Å². The zero-order chi connectivity index (χ0) is 16.7. The van der Waals surface area contributed by atoms with Gasteiger partial charge >= 0.3 is 0 Å². The number of aliphatic hydroxyl groups is 2. The highest BCUT2D eigenvalue weighted by Crippen LogP contribution is 2.30. The van der Waals surface area contributed by atoms with Gasteiger partial charge in [-0.15, -0.1) is 0 Å². The minimum Gasteiger partial charge on any atom is -0.399 e. The molecule has 1 heterocycles. The van der Waals surface area contributed by atoms with Crippen LogP contribution in [0.4, 0.5) is 29.0 Å². The molecule has 1 aromatic heterocycles. The molecule has 0 atom stereocenters. The van der Waals surface area contributed by atoms with Gasteiger partial charge in [0.1, 0.15) is 5.02 Å². The van der Waals surface area contributed by atoms with Crippen LogP contribution in [0.3, 0.4) is 0 Å². The molecule has 0 radical (unpaired) electrons. The van der Waals surface area contributed by atoms with Crippen LogP contribution in [0.25, 0.3) is 0 Å². The number of nitrogens with two attached hydrogens (primary N) is 1. The van der Waals surface area contributed by atoms with Gasteiger partial charge in [-0.3, -0.25) is 0 Å². The molecule has 0 amide bonds. The Bertz CT molecular complexity index is 638. The van der Waals surface area contributed by atoms with Crippen molar-refractivity contribution >= 4 is 40.6 Å². The summed E-state index contributed by atoms with van der Waals surface area (Å²) in [7, 11) is 0. The Hall–Kier alpha value is -2.29. The van der Waals surface area contributed by atoms with Gasteiger partial charge in [-0.2, -0.15) is 9.97 Å². The summed E-state index contributed by atoms with van der Waals surface area (Å²) in [6.45, 7) is 0.506. The Balaban J connectivity index is 2.29. The van der Waals surface area contributed by atoms with Crippen molar-refractivity contribution in [1.29, 1.82) is 0 Å². The number of hydrogen-bond donors (Lipinski definition) is 6. The van der Waals surface area contributed by atoms with E-state index in [2.05, 4.69) is 25.9 Å². The van der Waals surface area contributed by atoms with E-state index >= 15 is 0 Å². The van der Waals surface area contributed by atoms with Gasteiger partial charge in [-0.05, 0) is 24.3 Å². The molecule has 0 aliphatic carbocycles. The summed E-state index contributed by atoms with van der Waals surface area (Å²) in [6.07, 6.45) is 0. The third-order valence-electron chi connectivity index (χ3n) is 2.82. The van der Waals surface area contributed by atoms with Gasteiger partial charge in [0.25, 0.3) is 0 Å². The molecule has 9 heteroatoms. The Morgan fingerprint density at radius 3 is 2.22 bits per heavy atom. The second-order valence-corrected chi connectivity index (χ2v) is 4.98. The molecule has 0 unspecified atom stereocenters. The summed E-state index contributed by atoms with van der Waals surface area (Å²) < 4.78 is 0. The standard InChI is InChI=1S/C14H19ClN6O2/c15-11-12(17-5-7-22)20-14(18-6-8-23)21-13(11)19-10-3-1-9(16)2-4-10/h1-4,22-23H,5-8,16H2,(H3,17,18,19,20,21). The van der Waals surface area contributed by atoms with Crippen molar-refractivity contribution in [3.8, 4) is 0 Å². The fourth-order valence-corrected chi connectivity index (χ4v) is 1.97. The number of hydrogen-bond acceptors (Lipinski definition) is 8. The summed E-state index contributed by atoms with van der Waals surface area (Å²) in [6, 6.07) is 7.12. The predicted molar refractivity (Wildman–Crippen MR) is 92.3 cm³/mol. The van der Waals surface area contributed by atoms with E-state index < -0.39 is 0 Å². The van der Waals surface area contributed by atoms with Crippen molar-refractivity contribution in [3.05, 3.63) is 29.3 Å². The number of nitrogens with zero attached hydrogens (tertiary/aromatic N) is 2. The summed E-state index contributed by atoms with van der Waals surface area (Å²) in [4.78, 5) is 8.50. The monoisotopic (exact) mass is 338 g/mol. The number of nitrogens with one attached hydrogen (secondary N) is 3. The van der Waals surface area contributed by atoms with E-state index in [0.29, 0.717) is 41.4 Å². The number of benzene rings is 1. The molecule has 2 rings (SSSR count). The molecule has 0 spiro atoms. The average Bonchev–Trinajstić information content (AvgIpc) is 2.56. The van der Waals surface area contributed by atoms with Crippen molar-refractivity contribution < 1.29 is 10.2 Å². The second kappa shape index (κ2) is 8.37. The van der Waals surface area contributed by atoms with Crippen LogP contribution in [0.15, 0.2) is 24.3 Å². The van der Waals surface area contributed by atoms with Gasteiger partial charge in [0.05, 0.1) is 13.2 Å². The minimum absolute atomic E-state index is 0.0495. The first kappa shape index (κ1) is 17.1. The Labute approximate surface area is 138 Å². The zero-order valence-corrected chi connectivity index (χ0v) is 13.1. The maximum Gasteiger partial charge on any atom is 0.226 e. The third kappa shape index (κ3) is 4.85. The number of nitrogen functional groups attached to an aromatic ring is 1. The highest BCUT2D eigenvalue weighted by atomic mass is 35.5. The lowest BCUT2D eigenvalue weighted by Crippen LogP contribution is -2.13. The maximum absolute atomic E-state index is 8.93. The van der Waals surface area contributed by atoms with E-state index in [9.17, 15) is 0 Å². The van der Waals surface area contributed by atoms with Crippen molar-refractivity contribution in [2.75, 3.05) is 48.0 Å². The fraction of sp³-hybridized carbons (Fsp3) is 0.286. The lowest BCUT2D eigenvalue weighted by atomic mass is 10.3. The molecule has 0 saturated heterocycles. The largest absolute Gasteiger partial charge is 0.399 e. The number of anilines is 5. The van der Waals surface area contributed by atoms with E-state index in [1.165, 1.54) is 0 Å². The van der Waals surface area contributed by atoms with E-state index in [1.54, 1.807) is 24.3 Å². The molecule has 0 saturated carbocycles. The van der Waals surface area contributed by atoms with Crippen LogP contribution < -0.4 is 21.7 Å². The summed E-state index contributed by atoms with van der Waals surface area (Å²) in [5.41, 5.74) is 7.08. The van der Waals surface area contributed by atoms with Crippen LogP contribution in [0.5, 0.6) is 0 Å². The van der Waals surface area contributed by atoms with Crippen molar-refractivity contribution in [2.24, 2.45) is 0 Å². The molecule has 7 N–H and O–H groups in total. The van der Waals surface area contributed by atoms with E-state index in [-0.39, 0.29) is 13.2 Å². The third-order valence-corrected chi connectivity index (χ3v) is 3.18. The molecule has 8 nitrogen and oxygen atoms in total. The Kier molecular flexibility index (Phi) is 6.21. The van der Waals surface area contributed by atoms with Crippen LogP contribution in [-0.2, 0) is 0 Å². The molecular weight excluding hydrogens is 320 g/mol. The molecule has 124 valence electrons. The van der Waals surface area contributed by atoms with E-state index in [0.717, 1.165) is 5.69 Å². The van der Waals surface area contributed by atoms with Crippen LogP contribution in [0, 0.1) is 0 Å². The molecule has 0 aliphatic heterocycles. The van der Waals surface area contributed by atoms with E-state index in [4.69, 9.17) is 27.5 Å². The van der Waals surface area contributed by atoms with Crippen molar-refractivity contribution in [2.45, 2.75) is 0 Å². The normalized spacial score (nSPS) is 10.4. The van der Waals surface area contributed by atoms with Gasteiger partial charge in [0, 0.05) is 24.5 Å². The second-order valence-electron chi connectivity index (χ2n) is 4.61. The fourth-order valence-electron chi connectivity index (χ4n) is 1.77. The first-order valence-electron chi connectivity index (χ1n) is 7.03. The minimum atomic E-state index is -0.0551. The smallest absolute Gasteiger partial charge is 0.226 e. The van der Waals surface area contributed by atoms with Crippen LogP contribution in [0.1, 0.15) is 0 Å². The lowest BCUT2D eigenvalue weighted by Gasteiger charge is -2.14. The first-order chi connectivity index (χ1) is 11.1. The summed E-state index contributed by atoms with van der Waals surface area (Å²) in [5, 5.41) is 27.0. The van der Waals surface area contributed by atoms with Gasteiger partial charge in [-0.25, -0.2) is 0 Å². The highest BCUT2D eigenvalue weighted by Gasteiger charge is 2.13. The predicted octanol–water partition coefficient (Wildman–Crippen LogP) is 1.26. The summed E-state index contributed by atoms with van der Waals surface area (Å²) >= 11 is 6.30. The van der Waals surface area contributed by atoms with Crippen LogP contribution >= 0.6 is 11.6 Å². The number of aliphatic hydroxyl groups excluding tert-OH is 2. The molecule has 0 fully saturated rings. The molecule has 0 bridgehead atoms. The number of rotatable bonds is 8. The van der Waals surface area contributed by atoms with Gasteiger partial charge < -0.3 is 31.9 Å². The lowest BCUT2D eigenvalue weighted by molar-refractivity contribution is 0.311. The number of aromatic nitrogens is 2. The zero-order valence-electron chi connectivity index (χ0n) is 12.4. The topological polar surface area (TPSA) is 128 Å². The first-order valence-corrected chi connectivity index (χ1v) is 7.41. The molecule has 0 aliphatic rings. The number of halogens is 1. The van der Waals surface area contributed by atoms with Crippen LogP contribution in [0.2, 0.25) is 5.02 Å². The van der Waals surface area contributed by atoms with Crippen molar-refractivity contribution in [3.63, 3.8) is 0 Å². The molecular formula is C14H19ClN6O2.